The molecule has 1 aliphatic heterocycles. The molecule has 1 unspecified atom stereocenters. The summed E-state index contributed by atoms with van der Waals surface area (Å²) in [5.74, 6) is 0. The van der Waals surface area contributed by atoms with Gasteiger partial charge in [0.25, 0.3) is 0 Å². The summed E-state index contributed by atoms with van der Waals surface area (Å²) < 4.78 is 1.18. The molecule has 1 aromatic carbocycles. The van der Waals surface area contributed by atoms with E-state index in [1.807, 2.05) is 0 Å². The van der Waals surface area contributed by atoms with Crippen LogP contribution in [0, 0.1) is 6.92 Å². The molecule has 1 heterocycles. The van der Waals surface area contributed by atoms with Crippen LogP contribution in [0.5, 0.6) is 0 Å². The van der Waals surface area contributed by atoms with Crippen LogP contribution in [-0.2, 0) is 6.42 Å². The van der Waals surface area contributed by atoms with E-state index in [2.05, 4.69) is 51.7 Å². The average molecular weight is 311 g/mol. The van der Waals surface area contributed by atoms with Gasteiger partial charge in [-0.2, -0.15) is 0 Å². The fraction of sp³-hybridized carbons (Fsp3) is 0.600. The van der Waals surface area contributed by atoms with Crippen LogP contribution in [0.25, 0.3) is 0 Å². The summed E-state index contributed by atoms with van der Waals surface area (Å²) in [7, 11) is 0. The average Bonchev–Trinajstić information content (AvgIpc) is 2.40. The Hall–Kier alpha value is -0.380. The van der Waals surface area contributed by atoms with Gasteiger partial charge >= 0.3 is 0 Å². The van der Waals surface area contributed by atoms with E-state index >= 15 is 0 Å². The Bertz CT molecular complexity index is 373. The zero-order valence-corrected chi connectivity index (χ0v) is 12.7. The van der Waals surface area contributed by atoms with E-state index in [1.54, 1.807) is 0 Å². The van der Waals surface area contributed by atoms with E-state index in [1.165, 1.54) is 41.4 Å². The lowest BCUT2D eigenvalue weighted by Gasteiger charge is -2.23. The van der Waals surface area contributed by atoms with Gasteiger partial charge in [-0.15, -0.1) is 0 Å². The summed E-state index contributed by atoms with van der Waals surface area (Å²) in [6.07, 6.45) is 5.15. The molecule has 0 amide bonds. The largest absolute Gasteiger partial charge is 0.315 e. The van der Waals surface area contributed by atoms with Crippen molar-refractivity contribution in [2.24, 2.45) is 0 Å². The highest BCUT2D eigenvalue weighted by Gasteiger charge is 2.11. The fourth-order valence-corrected chi connectivity index (χ4v) is 2.92. The molecular formula is C15H23BrN2. The molecular weight excluding hydrogens is 288 g/mol. The van der Waals surface area contributed by atoms with Crippen LogP contribution >= 0.6 is 15.9 Å². The molecule has 0 bridgehead atoms. The van der Waals surface area contributed by atoms with Gasteiger partial charge in [0.1, 0.15) is 0 Å². The number of piperidine rings is 1. The lowest BCUT2D eigenvalue weighted by Crippen LogP contribution is -2.42. The molecule has 2 N–H and O–H groups in total. The molecule has 0 radical (unpaired) electrons. The van der Waals surface area contributed by atoms with Crippen LogP contribution in [0.3, 0.4) is 0 Å². The van der Waals surface area contributed by atoms with Crippen LogP contribution in [0.4, 0.5) is 0 Å². The van der Waals surface area contributed by atoms with E-state index in [4.69, 9.17) is 0 Å². The second-order valence-electron chi connectivity index (χ2n) is 5.17. The van der Waals surface area contributed by atoms with Gasteiger partial charge in [0, 0.05) is 17.1 Å². The second kappa shape index (κ2) is 7.27. The van der Waals surface area contributed by atoms with Crippen molar-refractivity contribution in [1.29, 1.82) is 0 Å². The molecule has 1 aliphatic rings. The quantitative estimate of drug-likeness (QED) is 0.817. The highest BCUT2D eigenvalue weighted by atomic mass is 79.9. The molecule has 3 heteroatoms. The van der Waals surface area contributed by atoms with Gasteiger partial charge in [-0.25, -0.2) is 0 Å². The van der Waals surface area contributed by atoms with E-state index < -0.39 is 0 Å². The van der Waals surface area contributed by atoms with Crippen molar-refractivity contribution in [3.05, 3.63) is 33.8 Å². The molecule has 0 spiro atoms. The molecule has 1 atom stereocenters. The minimum Gasteiger partial charge on any atom is -0.315 e. The third-order valence-corrected chi connectivity index (χ3v) is 4.18. The summed E-state index contributed by atoms with van der Waals surface area (Å²) in [6.45, 7) is 5.55. The van der Waals surface area contributed by atoms with Gasteiger partial charge in [-0.05, 0) is 62.5 Å². The van der Waals surface area contributed by atoms with Crippen molar-refractivity contribution in [3.8, 4) is 0 Å². The van der Waals surface area contributed by atoms with Crippen molar-refractivity contribution in [2.45, 2.75) is 38.6 Å². The van der Waals surface area contributed by atoms with Gasteiger partial charge in [0.2, 0.25) is 0 Å². The van der Waals surface area contributed by atoms with Gasteiger partial charge in [-0.3, -0.25) is 0 Å². The maximum absolute atomic E-state index is 3.57. The van der Waals surface area contributed by atoms with Crippen LogP contribution in [0.2, 0.25) is 0 Å². The van der Waals surface area contributed by atoms with Gasteiger partial charge in [-0.1, -0.05) is 28.4 Å². The van der Waals surface area contributed by atoms with Gasteiger partial charge in [0.05, 0.1) is 0 Å². The monoisotopic (exact) mass is 310 g/mol. The van der Waals surface area contributed by atoms with Crippen molar-refractivity contribution < 1.29 is 0 Å². The Morgan fingerprint density at radius 2 is 2.28 bits per heavy atom. The Morgan fingerprint density at radius 1 is 1.39 bits per heavy atom. The van der Waals surface area contributed by atoms with Crippen molar-refractivity contribution >= 4 is 15.9 Å². The van der Waals surface area contributed by atoms with E-state index in [0.29, 0.717) is 6.04 Å². The van der Waals surface area contributed by atoms with Gasteiger partial charge < -0.3 is 10.6 Å². The Balaban J connectivity index is 1.69. The Labute approximate surface area is 119 Å². The topological polar surface area (TPSA) is 24.1 Å². The minimum atomic E-state index is 0.683. The summed E-state index contributed by atoms with van der Waals surface area (Å²) in [4.78, 5) is 0. The number of aryl methyl sites for hydroxylation is 1. The minimum absolute atomic E-state index is 0.683. The normalized spacial score (nSPS) is 20.0. The molecule has 2 nitrogen and oxygen atoms in total. The molecule has 100 valence electrons. The molecule has 0 saturated carbocycles. The lowest BCUT2D eigenvalue weighted by molar-refractivity contribution is 0.384. The van der Waals surface area contributed by atoms with Crippen LogP contribution in [-0.4, -0.2) is 25.7 Å². The van der Waals surface area contributed by atoms with Crippen molar-refractivity contribution in [3.63, 3.8) is 0 Å². The fourth-order valence-electron chi connectivity index (χ4n) is 2.51. The first-order valence-corrected chi connectivity index (χ1v) is 7.74. The summed E-state index contributed by atoms with van der Waals surface area (Å²) in [6, 6.07) is 7.21. The molecule has 2 rings (SSSR count). The SMILES string of the molecule is Cc1ccc(Br)cc1CCNCC1CCCCN1. The first kappa shape index (κ1) is 14.0. The van der Waals surface area contributed by atoms with E-state index in [0.717, 1.165) is 19.5 Å². The number of hydrogen-bond donors (Lipinski definition) is 2. The predicted octanol–water partition coefficient (Wildman–Crippen LogP) is 3.03. The summed E-state index contributed by atoms with van der Waals surface area (Å²) in [5.41, 5.74) is 2.82. The highest BCUT2D eigenvalue weighted by molar-refractivity contribution is 9.10. The molecule has 1 aromatic rings. The van der Waals surface area contributed by atoms with E-state index in [-0.39, 0.29) is 0 Å². The zero-order chi connectivity index (χ0) is 12.8. The standard InChI is InChI=1S/C15H23BrN2/c1-12-5-6-14(16)10-13(12)7-9-17-11-15-4-2-3-8-18-15/h5-6,10,15,17-18H,2-4,7-9,11H2,1H3. The third kappa shape index (κ3) is 4.38. The molecule has 1 fully saturated rings. The summed E-state index contributed by atoms with van der Waals surface area (Å²) >= 11 is 3.54. The Morgan fingerprint density at radius 3 is 3.06 bits per heavy atom. The number of halogens is 1. The smallest absolute Gasteiger partial charge is 0.0192 e. The Kier molecular flexibility index (Phi) is 5.67. The van der Waals surface area contributed by atoms with Crippen molar-refractivity contribution in [2.75, 3.05) is 19.6 Å². The predicted molar refractivity (Wildman–Crippen MR) is 81.1 cm³/mol. The maximum atomic E-state index is 3.57. The molecule has 0 aliphatic carbocycles. The van der Waals surface area contributed by atoms with E-state index in [9.17, 15) is 0 Å². The zero-order valence-electron chi connectivity index (χ0n) is 11.1. The number of rotatable bonds is 5. The van der Waals surface area contributed by atoms with Crippen molar-refractivity contribution in [1.82, 2.24) is 10.6 Å². The highest BCUT2D eigenvalue weighted by Crippen LogP contribution is 2.16. The molecule has 0 aromatic heterocycles. The molecule has 1 saturated heterocycles. The summed E-state index contributed by atoms with van der Waals surface area (Å²) in [5, 5.41) is 7.14. The lowest BCUT2D eigenvalue weighted by atomic mass is 10.0. The number of benzene rings is 1. The first-order chi connectivity index (χ1) is 8.75. The number of nitrogens with one attached hydrogen (secondary N) is 2. The maximum Gasteiger partial charge on any atom is 0.0192 e. The second-order valence-corrected chi connectivity index (χ2v) is 6.09. The van der Waals surface area contributed by atoms with Crippen LogP contribution in [0.1, 0.15) is 30.4 Å². The number of hydrogen-bond acceptors (Lipinski definition) is 2. The van der Waals surface area contributed by atoms with Gasteiger partial charge in [0.15, 0.2) is 0 Å². The van der Waals surface area contributed by atoms with Crippen LogP contribution < -0.4 is 10.6 Å². The first-order valence-electron chi connectivity index (χ1n) is 6.95. The van der Waals surface area contributed by atoms with Crippen LogP contribution in [0.15, 0.2) is 22.7 Å². The molecule has 18 heavy (non-hydrogen) atoms. The third-order valence-electron chi connectivity index (χ3n) is 3.69.